The Morgan fingerprint density at radius 2 is 1.51 bits per heavy atom. The van der Waals surface area contributed by atoms with Crippen molar-refractivity contribution in [2.24, 2.45) is 14.1 Å². The summed E-state index contributed by atoms with van der Waals surface area (Å²) >= 11 is 0. The minimum absolute atomic E-state index is 0.0304. The molecule has 16 heteroatoms. The smallest absolute Gasteiger partial charge is 0.322 e. The van der Waals surface area contributed by atoms with Gasteiger partial charge in [-0.25, -0.2) is 39.3 Å². The topological polar surface area (TPSA) is 194 Å². The number of anilines is 4. The van der Waals surface area contributed by atoms with Crippen LogP contribution in [0, 0.1) is 32.0 Å². The van der Waals surface area contributed by atoms with Crippen LogP contribution in [0.3, 0.4) is 0 Å². The van der Waals surface area contributed by atoms with E-state index in [1.807, 2.05) is 55.9 Å². The third-order valence-corrected chi connectivity index (χ3v) is 12.9. The Morgan fingerprint density at radius 1 is 0.831 bits per heavy atom. The van der Waals surface area contributed by atoms with Crippen LogP contribution in [0.4, 0.5) is 27.4 Å². The van der Waals surface area contributed by atoms with Crippen LogP contribution in [0.2, 0.25) is 0 Å². The van der Waals surface area contributed by atoms with Gasteiger partial charge in [0.05, 0.1) is 27.9 Å². The van der Waals surface area contributed by atoms with Crippen molar-refractivity contribution in [3.63, 3.8) is 0 Å². The number of pyridine rings is 1. The number of hydrogen-bond acceptors (Lipinski definition) is 12. The summed E-state index contributed by atoms with van der Waals surface area (Å²) in [7, 11) is 3.88. The molecule has 0 fully saturated rings. The van der Waals surface area contributed by atoms with E-state index >= 15 is 4.39 Å². The molecule has 352 valence electrons. The quantitative estimate of drug-likeness (QED) is 0.0823. The molecule has 1 aliphatic rings. The van der Waals surface area contributed by atoms with Crippen molar-refractivity contribution in [1.82, 2.24) is 44.0 Å². The van der Waals surface area contributed by atoms with Crippen LogP contribution >= 0.6 is 0 Å². The highest BCUT2D eigenvalue weighted by Gasteiger charge is 2.28. The summed E-state index contributed by atoms with van der Waals surface area (Å²) in [6, 6.07) is 24.6. The average molecular weight is 942 g/mol. The lowest BCUT2D eigenvalue weighted by atomic mass is 9.92. The first kappa shape index (κ1) is 45.5. The first-order chi connectivity index (χ1) is 34.3. The summed E-state index contributed by atoms with van der Waals surface area (Å²) in [5, 5.41) is 4.26. The first-order valence-electron chi connectivity index (χ1n) is 22.8. The number of rotatable bonds is 11. The maximum atomic E-state index is 16.1. The normalized spacial score (nSPS) is 12.5. The van der Waals surface area contributed by atoms with Crippen molar-refractivity contribution in [3.8, 4) is 57.7 Å². The van der Waals surface area contributed by atoms with E-state index in [9.17, 15) is 4.79 Å². The molecule has 1 aliphatic heterocycles. The van der Waals surface area contributed by atoms with E-state index in [1.165, 1.54) is 18.7 Å². The number of hydrogen-bond donors (Lipinski definition) is 3. The molecule has 0 spiro atoms. The fourth-order valence-electron chi connectivity index (χ4n) is 9.45. The van der Waals surface area contributed by atoms with Gasteiger partial charge in [0.25, 0.3) is 5.91 Å². The number of nitrogen functional groups attached to an aromatic ring is 2. The van der Waals surface area contributed by atoms with Gasteiger partial charge in [-0.15, -0.1) is 6.42 Å². The van der Waals surface area contributed by atoms with Crippen molar-refractivity contribution in [2.75, 3.05) is 34.8 Å². The highest BCUT2D eigenvalue weighted by Crippen LogP contribution is 2.46. The summed E-state index contributed by atoms with van der Waals surface area (Å²) in [5.74, 6) is 2.51. The highest BCUT2D eigenvalue weighted by atomic mass is 19.1. The Balaban J connectivity index is 0.961. The number of nitrogens with one attached hydrogen (secondary N) is 1. The third kappa shape index (κ3) is 8.43. The lowest BCUT2D eigenvalue weighted by Gasteiger charge is -2.29. The Hall–Kier alpha value is -9.23. The van der Waals surface area contributed by atoms with Gasteiger partial charge in [-0.1, -0.05) is 48.9 Å². The Bertz CT molecular complexity index is 3700. The second-order valence-corrected chi connectivity index (χ2v) is 17.6. The number of carbonyl (C=O) groups excluding carboxylic acids is 1. The van der Waals surface area contributed by atoms with E-state index in [0.717, 1.165) is 80.2 Å². The SMILES string of the molecule is C#Cc1cc(C)c(-c2c(-c3ccc(Oc4nccc(C)n4)c(F)c3)c3c(N)ncnc3n2C)c(Cc2ccc(N3CC=C(c4c(-c5ccc(NC(=O)C(=C)C)cc5)n(C)c5ncnc(N)c45)CC3)cc2)n1. The van der Waals surface area contributed by atoms with Crippen molar-refractivity contribution < 1.29 is 13.9 Å². The summed E-state index contributed by atoms with van der Waals surface area (Å²) in [6.07, 6.45) is 13.9. The molecule has 0 atom stereocenters. The van der Waals surface area contributed by atoms with E-state index in [1.54, 1.807) is 38.2 Å². The van der Waals surface area contributed by atoms with E-state index in [0.29, 0.717) is 63.6 Å². The second kappa shape index (κ2) is 18.4. The Kier molecular flexibility index (Phi) is 11.8. The van der Waals surface area contributed by atoms with E-state index in [2.05, 4.69) is 87.5 Å². The molecule has 0 radical (unpaired) electrons. The number of aryl methyl sites for hydroxylation is 4. The fraction of sp³-hybridized carbons (Fsp3) is 0.164. The number of benzene rings is 3. The number of carbonyl (C=O) groups is 1. The van der Waals surface area contributed by atoms with Crippen molar-refractivity contribution in [2.45, 2.75) is 33.6 Å². The average Bonchev–Trinajstić information content (AvgIpc) is 3.83. The van der Waals surface area contributed by atoms with Crippen LogP contribution < -0.4 is 26.4 Å². The molecule has 3 aromatic carbocycles. The molecule has 10 rings (SSSR count). The molecule has 7 heterocycles. The molecule has 9 aromatic rings. The van der Waals surface area contributed by atoms with Gasteiger partial charge in [0, 0.05) is 79.1 Å². The van der Waals surface area contributed by atoms with Crippen LogP contribution in [-0.2, 0) is 25.3 Å². The van der Waals surface area contributed by atoms with Crippen molar-refractivity contribution >= 4 is 56.6 Å². The lowest BCUT2D eigenvalue weighted by Crippen LogP contribution is -2.28. The summed E-state index contributed by atoms with van der Waals surface area (Å²) in [4.78, 5) is 46.1. The maximum Gasteiger partial charge on any atom is 0.322 e. The molecule has 0 saturated heterocycles. The number of fused-ring (bicyclic) bond motifs is 2. The fourth-order valence-corrected chi connectivity index (χ4v) is 9.45. The molecule has 1 amide bonds. The summed E-state index contributed by atoms with van der Waals surface area (Å²) < 4.78 is 25.8. The number of nitrogens with two attached hydrogens (primary N) is 2. The van der Waals surface area contributed by atoms with E-state index in [-0.39, 0.29) is 23.5 Å². The molecule has 15 nitrogen and oxygen atoms in total. The van der Waals surface area contributed by atoms with Gasteiger partial charge in [0.2, 0.25) is 0 Å². The van der Waals surface area contributed by atoms with Crippen LogP contribution in [0.5, 0.6) is 11.8 Å². The van der Waals surface area contributed by atoms with Crippen LogP contribution in [0.1, 0.15) is 47.1 Å². The molecule has 0 saturated carbocycles. The second-order valence-electron chi connectivity index (χ2n) is 17.6. The van der Waals surface area contributed by atoms with Gasteiger partial charge < -0.3 is 35.6 Å². The molecule has 71 heavy (non-hydrogen) atoms. The Labute approximate surface area is 408 Å². The van der Waals surface area contributed by atoms with E-state index < -0.39 is 5.82 Å². The standard InChI is InChI=1S/C55H48FN13O2/c1-8-37-25-31(4)43(49-45(47-51(58)61-29-63-53(47)68(49)7)36-13-18-42(40(56)27-36)71-55-59-22-19-32(5)64-55)41(65-37)26-33-9-16-39(17-10-33)69-23-20-34(21-24-69)44-46-50(57)60-28-62-52(46)67(6)48(44)35-11-14-38(15-12-35)66-54(70)30(2)3/h1,9-20,22,25,27-29H,2,21,23-24,26H2,3-7H3,(H,66,70)(H2,57,60,62)(H2,58,61,63). The third-order valence-electron chi connectivity index (χ3n) is 12.9. The number of ether oxygens (including phenoxy) is 1. The molecule has 5 N–H and O–H groups in total. The summed E-state index contributed by atoms with van der Waals surface area (Å²) in [5.41, 5.74) is 27.2. The van der Waals surface area contributed by atoms with Crippen molar-refractivity contribution in [3.05, 3.63) is 156 Å². The zero-order chi connectivity index (χ0) is 49.7. The molecule has 0 aliphatic carbocycles. The van der Waals surface area contributed by atoms with Crippen LogP contribution in [-0.4, -0.2) is 63.0 Å². The van der Waals surface area contributed by atoms with Gasteiger partial charge >= 0.3 is 6.01 Å². The maximum absolute atomic E-state index is 16.1. The summed E-state index contributed by atoms with van der Waals surface area (Å²) in [6.45, 7) is 10.6. The number of amides is 1. The largest absolute Gasteiger partial charge is 0.421 e. The molecule has 0 unspecified atom stereocenters. The first-order valence-corrected chi connectivity index (χ1v) is 22.8. The minimum atomic E-state index is -0.615. The zero-order valence-corrected chi connectivity index (χ0v) is 39.7. The van der Waals surface area contributed by atoms with E-state index in [4.69, 9.17) is 27.6 Å². The minimum Gasteiger partial charge on any atom is -0.421 e. The van der Waals surface area contributed by atoms with Gasteiger partial charge in [0.15, 0.2) is 11.6 Å². The Morgan fingerprint density at radius 3 is 2.14 bits per heavy atom. The molecular formula is C55H48FN13O2. The van der Waals surface area contributed by atoms with Gasteiger partial charge in [-0.2, -0.15) is 0 Å². The molecular weight excluding hydrogens is 894 g/mol. The van der Waals surface area contributed by atoms with Crippen LogP contribution in [0.15, 0.2) is 116 Å². The zero-order valence-electron chi connectivity index (χ0n) is 39.7. The van der Waals surface area contributed by atoms with Gasteiger partial charge in [-0.05, 0) is 104 Å². The predicted molar refractivity (Wildman–Crippen MR) is 277 cm³/mol. The van der Waals surface area contributed by atoms with Crippen LogP contribution in [0.25, 0.3) is 61.3 Å². The number of nitrogens with zero attached hydrogens (tertiary/aromatic N) is 10. The molecule has 6 aromatic heterocycles. The van der Waals surface area contributed by atoms with Gasteiger partial charge in [0.1, 0.15) is 41.3 Å². The number of aromatic nitrogens is 9. The monoisotopic (exact) mass is 941 g/mol. The number of halogens is 1. The highest BCUT2D eigenvalue weighted by molar-refractivity contribution is 6.09. The van der Waals surface area contributed by atoms with Gasteiger partial charge in [-0.3, -0.25) is 4.79 Å². The molecule has 0 bridgehead atoms. The lowest BCUT2D eigenvalue weighted by molar-refractivity contribution is -0.112. The number of terminal acetylenes is 1. The predicted octanol–water partition coefficient (Wildman–Crippen LogP) is 9.53. The van der Waals surface area contributed by atoms with Crippen molar-refractivity contribution in [1.29, 1.82) is 0 Å².